The highest BCUT2D eigenvalue weighted by Gasteiger charge is 2.26. The molecule has 0 bridgehead atoms. The maximum absolute atomic E-state index is 12.9. The molecule has 1 saturated heterocycles. The summed E-state index contributed by atoms with van der Waals surface area (Å²) in [5.41, 5.74) is 0.869. The molecule has 9 heteroatoms. The Morgan fingerprint density at radius 2 is 1.77 bits per heavy atom. The van der Waals surface area contributed by atoms with E-state index in [-0.39, 0.29) is 17.2 Å². The van der Waals surface area contributed by atoms with Crippen molar-refractivity contribution >= 4 is 15.9 Å². The van der Waals surface area contributed by atoms with Gasteiger partial charge < -0.3 is 14.8 Å². The summed E-state index contributed by atoms with van der Waals surface area (Å²) in [5, 5.41) is 2.87. The number of hydrogen-bond acceptors (Lipinski definition) is 6. The van der Waals surface area contributed by atoms with Crippen LogP contribution in [0, 0.1) is 0 Å². The van der Waals surface area contributed by atoms with Crippen LogP contribution in [0.2, 0.25) is 0 Å². The molecule has 0 saturated carbocycles. The topological polar surface area (TPSA) is 97.0 Å². The summed E-state index contributed by atoms with van der Waals surface area (Å²) in [7, 11) is -2.38. The van der Waals surface area contributed by atoms with E-state index in [1.807, 2.05) is 30.3 Å². The standard InChI is InChI=1S/C22H29N3O5S/c1-29-19-7-9-20(10-8-19)31(27,28)24-21(17-18-5-3-2-4-6-18)22(26)23-11-12-25-13-15-30-16-14-25/h2-10,21,24H,11-17H2,1H3,(H,23,26). The van der Waals surface area contributed by atoms with Crippen molar-refractivity contribution in [1.29, 1.82) is 0 Å². The van der Waals surface area contributed by atoms with Gasteiger partial charge in [-0.3, -0.25) is 9.69 Å². The van der Waals surface area contributed by atoms with Crippen LogP contribution in [0.5, 0.6) is 5.75 Å². The molecule has 0 radical (unpaired) electrons. The van der Waals surface area contributed by atoms with Gasteiger partial charge in [0.1, 0.15) is 11.8 Å². The number of nitrogens with zero attached hydrogens (tertiary/aromatic N) is 1. The summed E-state index contributed by atoms with van der Waals surface area (Å²) in [5.74, 6) is 0.204. The highest BCUT2D eigenvalue weighted by atomic mass is 32.2. The van der Waals surface area contributed by atoms with Crippen LogP contribution in [0.25, 0.3) is 0 Å². The van der Waals surface area contributed by atoms with Crippen LogP contribution in [-0.2, 0) is 26.0 Å². The molecule has 1 aliphatic rings. The number of amides is 1. The molecule has 2 aromatic carbocycles. The summed E-state index contributed by atoms with van der Waals surface area (Å²) in [6, 6.07) is 14.5. The largest absolute Gasteiger partial charge is 0.497 e. The average Bonchev–Trinajstić information content (AvgIpc) is 2.80. The fourth-order valence-corrected chi connectivity index (χ4v) is 4.53. The Balaban J connectivity index is 1.68. The number of nitrogens with one attached hydrogen (secondary N) is 2. The van der Waals surface area contributed by atoms with E-state index in [0.29, 0.717) is 32.1 Å². The van der Waals surface area contributed by atoms with Crippen molar-refractivity contribution in [3.63, 3.8) is 0 Å². The van der Waals surface area contributed by atoms with Gasteiger partial charge in [0.25, 0.3) is 0 Å². The predicted octanol–water partition coefficient (Wildman–Crippen LogP) is 1.03. The summed E-state index contributed by atoms with van der Waals surface area (Å²) < 4.78 is 38.8. The van der Waals surface area contributed by atoms with E-state index < -0.39 is 16.1 Å². The van der Waals surface area contributed by atoms with E-state index in [9.17, 15) is 13.2 Å². The first kappa shape index (κ1) is 23.2. The summed E-state index contributed by atoms with van der Waals surface area (Å²) in [6.07, 6.45) is 0.250. The zero-order valence-corrected chi connectivity index (χ0v) is 18.4. The Morgan fingerprint density at radius 3 is 2.42 bits per heavy atom. The van der Waals surface area contributed by atoms with E-state index in [1.165, 1.54) is 19.2 Å². The molecule has 1 amide bonds. The lowest BCUT2D eigenvalue weighted by molar-refractivity contribution is -0.122. The number of morpholine rings is 1. The Hall–Kier alpha value is -2.46. The van der Waals surface area contributed by atoms with Crippen LogP contribution in [0.15, 0.2) is 59.5 Å². The van der Waals surface area contributed by atoms with Crippen LogP contribution < -0.4 is 14.8 Å². The van der Waals surface area contributed by atoms with Crippen molar-refractivity contribution in [2.24, 2.45) is 0 Å². The van der Waals surface area contributed by atoms with Crippen LogP contribution in [0.3, 0.4) is 0 Å². The highest BCUT2D eigenvalue weighted by Crippen LogP contribution is 2.16. The average molecular weight is 448 g/mol. The van der Waals surface area contributed by atoms with Gasteiger partial charge in [-0.05, 0) is 36.2 Å². The van der Waals surface area contributed by atoms with Crippen molar-refractivity contribution in [3.05, 3.63) is 60.2 Å². The van der Waals surface area contributed by atoms with Crippen LogP contribution in [-0.4, -0.2) is 71.8 Å². The van der Waals surface area contributed by atoms with Gasteiger partial charge in [-0.2, -0.15) is 4.72 Å². The molecule has 2 N–H and O–H groups in total. The molecule has 3 rings (SSSR count). The third-order valence-corrected chi connectivity index (χ3v) is 6.58. The molecule has 1 aliphatic heterocycles. The van der Waals surface area contributed by atoms with Crippen LogP contribution in [0.1, 0.15) is 5.56 Å². The first-order valence-corrected chi connectivity index (χ1v) is 11.7. The van der Waals surface area contributed by atoms with Crippen LogP contribution in [0.4, 0.5) is 0 Å². The molecular weight excluding hydrogens is 418 g/mol. The second-order valence-electron chi connectivity index (χ2n) is 7.28. The Bertz CT molecular complexity index is 929. The van der Waals surface area contributed by atoms with Crippen molar-refractivity contribution in [2.45, 2.75) is 17.4 Å². The molecule has 0 spiro atoms. The van der Waals surface area contributed by atoms with Crippen molar-refractivity contribution in [2.75, 3.05) is 46.5 Å². The zero-order chi connectivity index (χ0) is 22.1. The predicted molar refractivity (Wildman–Crippen MR) is 118 cm³/mol. The third-order valence-electron chi connectivity index (χ3n) is 5.10. The molecule has 8 nitrogen and oxygen atoms in total. The SMILES string of the molecule is COc1ccc(S(=O)(=O)NC(Cc2ccccc2)C(=O)NCCN2CCOCC2)cc1. The van der Waals surface area contributed by atoms with Crippen molar-refractivity contribution in [3.8, 4) is 5.75 Å². The first-order chi connectivity index (χ1) is 15.0. The van der Waals surface area contributed by atoms with Gasteiger partial charge in [0, 0.05) is 26.2 Å². The van der Waals surface area contributed by atoms with Gasteiger partial charge in [-0.15, -0.1) is 0 Å². The molecule has 0 aliphatic carbocycles. The third kappa shape index (κ3) is 7.03. The Kier molecular flexibility index (Phi) is 8.42. The van der Waals surface area contributed by atoms with E-state index >= 15 is 0 Å². The van der Waals surface area contributed by atoms with Gasteiger partial charge in [0.05, 0.1) is 25.2 Å². The van der Waals surface area contributed by atoms with Crippen molar-refractivity contribution in [1.82, 2.24) is 14.9 Å². The van der Waals surface area contributed by atoms with Crippen molar-refractivity contribution < 1.29 is 22.7 Å². The minimum atomic E-state index is -3.89. The number of hydrogen-bond donors (Lipinski definition) is 2. The number of ether oxygens (including phenoxy) is 2. The fourth-order valence-electron chi connectivity index (χ4n) is 3.33. The number of carbonyl (C=O) groups excluding carboxylic acids is 1. The molecular formula is C22H29N3O5S. The van der Waals surface area contributed by atoms with Gasteiger partial charge in [-0.1, -0.05) is 30.3 Å². The van der Waals surface area contributed by atoms with E-state index in [0.717, 1.165) is 18.7 Å². The summed E-state index contributed by atoms with van der Waals surface area (Å²) in [6.45, 7) is 4.16. The molecule has 168 valence electrons. The Labute approximate surface area is 183 Å². The number of methoxy groups -OCH3 is 1. The minimum absolute atomic E-state index is 0.0764. The monoisotopic (exact) mass is 447 g/mol. The maximum Gasteiger partial charge on any atom is 0.241 e. The molecule has 1 heterocycles. The number of rotatable bonds is 10. The Morgan fingerprint density at radius 1 is 1.10 bits per heavy atom. The van der Waals surface area contributed by atoms with Crippen LogP contribution >= 0.6 is 0 Å². The van der Waals surface area contributed by atoms with Gasteiger partial charge in [0.15, 0.2) is 0 Å². The van der Waals surface area contributed by atoms with Gasteiger partial charge in [-0.25, -0.2) is 8.42 Å². The molecule has 0 aromatic heterocycles. The zero-order valence-electron chi connectivity index (χ0n) is 17.6. The molecule has 1 unspecified atom stereocenters. The number of sulfonamides is 1. The lowest BCUT2D eigenvalue weighted by Gasteiger charge is -2.27. The highest BCUT2D eigenvalue weighted by molar-refractivity contribution is 7.89. The second-order valence-corrected chi connectivity index (χ2v) is 9.00. The summed E-state index contributed by atoms with van der Waals surface area (Å²) in [4.78, 5) is 15.2. The lowest BCUT2D eigenvalue weighted by Crippen LogP contribution is -2.49. The summed E-state index contributed by atoms with van der Waals surface area (Å²) >= 11 is 0. The van der Waals surface area contributed by atoms with E-state index in [2.05, 4.69) is 14.9 Å². The molecule has 1 fully saturated rings. The lowest BCUT2D eigenvalue weighted by atomic mass is 10.1. The van der Waals surface area contributed by atoms with Gasteiger partial charge in [0.2, 0.25) is 15.9 Å². The quantitative estimate of drug-likeness (QED) is 0.565. The van der Waals surface area contributed by atoms with E-state index in [1.54, 1.807) is 12.1 Å². The maximum atomic E-state index is 12.9. The molecule has 2 aromatic rings. The first-order valence-electron chi connectivity index (χ1n) is 10.3. The van der Waals surface area contributed by atoms with Gasteiger partial charge >= 0.3 is 0 Å². The smallest absolute Gasteiger partial charge is 0.241 e. The van der Waals surface area contributed by atoms with E-state index in [4.69, 9.17) is 9.47 Å². The minimum Gasteiger partial charge on any atom is -0.497 e. The number of carbonyl (C=O) groups is 1. The fraction of sp³-hybridized carbons (Fsp3) is 0.409. The second kappa shape index (κ2) is 11.2. The number of benzene rings is 2. The molecule has 31 heavy (non-hydrogen) atoms. The molecule has 1 atom stereocenters. The normalized spacial score (nSPS) is 15.9.